The van der Waals surface area contributed by atoms with E-state index in [0.717, 1.165) is 11.1 Å². The minimum Gasteiger partial charge on any atom is -0.444 e. The third-order valence-electron chi connectivity index (χ3n) is 3.31. The second-order valence-corrected chi connectivity index (χ2v) is 4.72. The number of hydrogen-bond acceptors (Lipinski definition) is 2. The molecule has 0 radical (unpaired) electrons. The van der Waals surface area contributed by atoms with Gasteiger partial charge in [0.15, 0.2) is 0 Å². The molecule has 1 amide bonds. The molecular weight excluding hydrogens is 262 g/mol. The molecule has 0 spiro atoms. The fraction of sp³-hybridized carbons (Fsp3) is 0.167. The highest BCUT2D eigenvalue weighted by molar-refractivity contribution is 5.69. The number of ether oxygens (including phenoxy) is 1. The molecular formula is C18H19NO2. The summed E-state index contributed by atoms with van der Waals surface area (Å²) in [6.45, 7) is 5.91. The summed E-state index contributed by atoms with van der Waals surface area (Å²) in [5.74, 6) is 0. The summed E-state index contributed by atoms with van der Waals surface area (Å²) in [6.07, 6.45) is 1.11. The van der Waals surface area contributed by atoms with E-state index in [4.69, 9.17) is 4.74 Å². The lowest BCUT2D eigenvalue weighted by atomic mass is 10.1. The Kier molecular flexibility index (Phi) is 5.16. The minimum atomic E-state index is -0.398. The molecule has 0 fully saturated rings. The summed E-state index contributed by atoms with van der Waals surface area (Å²) < 4.78 is 5.34. The van der Waals surface area contributed by atoms with E-state index < -0.39 is 6.09 Å². The lowest BCUT2D eigenvalue weighted by Gasteiger charge is -2.25. The average molecular weight is 281 g/mol. The Morgan fingerprint density at radius 3 is 2.29 bits per heavy atom. The molecule has 0 aliphatic heterocycles. The van der Waals surface area contributed by atoms with E-state index in [9.17, 15) is 4.79 Å². The molecule has 0 N–H and O–H groups in total. The second-order valence-electron chi connectivity index (χ2n) is 4.72. The monoisotopic (exact) mass is 281 g/mol. The molecule has 0 unspecified atom stereocenters. The van der Waals surface area contributed by atoms with Gasteiger partial charge < -0.3 is 4.74 Å². The molecule has 0 aromatic heterocycles. The van der Waals surface area contributed by atoms with Gasteiger partial charge in [0.2, 0.25) is 0 Å². The van der Waals surface area contributed by atoms with Crippen molar-refractivity contribution >= 4 is 6.09 Å². The van der Waals surface area contributed by atoms with Gasteiger partial charge in [0.1, 0.15) is 6.61 Å². The molecule has 0 aliphatic rings. The van der Waals surface area contributed by atoms with Gasteiger partial charge in [-0.25, -0.2) is 4.79 Å². The molecule has 0 heterocycles. The van der Waals surface area contributed by atoms with Gasteiger partial charge in [-0.1, -0.05) is 67.2 Å². The van der Waals surface area contributed by atoms with Gasteiger partial charge in [-0.3, -0.25) is 4.90 Å². The normalized spacial score (nSPS) is 11.5. The summed E-state index contributed by atoms with van der Waals surface area (Å²) in [5.41, 5.74) is 2.00. The van der Waals surface area contributed by atoms with Gasteiger partial charge in [-0.05, 0) is 18.1 Å². The van der Waals surface area contributed by atoms with Crippen LogP contribution in [0.3, 0.4) is 0 Å². The van der Waals surface area contributed by atoms with Crippen LogP contribution in [0.5, 0.6) is 0 Å². The van der Waals surface area contributed by atoms with E-state index in [-0.39, 0.29) is 12.6 Å². The number of rotatable bonds is 5. The van der Waals surface area contributed by atoms with Crippen LogP contribution in [-0.2, 0) is 11.3 Å². The van der Waals surface area contributed by atoms with Crippen molar-refractivity contribution in [1.29, 1.82) is 0 Å². The molecule has 21 heavy (non-hydrogen) atoms. The maximum Gasteiger partial charge on any atom is 0.414 e. The Labute approximate surface area is 125 Å². The molecule has 0 saturated carbocycles. The van der Waals surface area contributed by atoms with Crippen molar-refractivity contribution in [2.24, 2.45) is 0 Å². The zero-order valence-corrected chi connectivity index (χ0v) is 12.1. The van der Waals surface area contributed by atoms with Gasteiger partial charge in [0, 0.05) is 6.20 Å². The number of carbonyl (C=O) groups excluding carboxylic acids is 1. The Balaban J connectivity index is 2.00. The lowest BCUT2D eigenvalue weighted by molar-refractivity contribution is 0.101. The standard InChI is InChI=1S/C18H19NO2/c1-3-19(15(2)17-12-8-5-9-13-17)18(20)21-14-16-10-6-4-7-11-16/h3-13,15H,1,14H2,2H3/t15-/m0/s1. The third-order valence-corrected chi connectivity index (χ3v) is 3.31. The van der Waals surface area contributed by atoms with E-state index in [1.165, 1.54) is 11.1 Å². The molecule has 0 saturated heterocycles. The van der Waals surface area contributed by atoms with Crippen molar-refractivity contribution in [3.05, 3.63) is 84.6 Å². The molecule has 2 rings (SSSR count). The van der Waals surface area contributed by atoms with Crippen molar-refractivity contribution in [1.82, 2.24) is 4.90 Å². The predicted molar refractivity (Wildman–Crippen MR) is 83.5 cm³/mol. The Hall–Kier alpha value is -2.55. The minimum absolute atomic E-state index is 0.119. The zero-order chi connectivity index (χ0) is 15.1. The molecule has 3 heteroatoms. The lowest BCUT2D eigenvalue weighted by Crippen LogP contribution is -2.29. The Morgan fingerprint density at radius 2 is 1.71 bits per heavy atom. The smallest absolute Gasteiger partial charge is 0.414 e. The van der Waals surface area contributed by atoms with Crippen LogP contribution in [0.15, 0.2) is 73.4 Å². The number of hydrogen-bond donors (Lipinski definition) is 0. The van der Waals surface area contributed by atoms with E-state index in [2.05, 4.69) is 6.58 Å². The average Bonchev–Trinajstić information content (AvgIpc) is 2.55. The third kappa shape index (κ3) is 3.96. The van der Waals surface area contributed by atoms with Crippen molar-refractivity contribution < 1.29 is 9.53 Å². The van der Waals surface area contributed by atoms with E-state index in [1.54, 1.807) is 0 Å². The van der Waals surface area contributed by atoms with E-state index in [1.807, 2.05) is 67.6 Å². The Morgan fingerprint density at radius 1 is 1.14 bits per heavy atom. The van der Waals surface area contributed by atoms with E-state index >= 15 is 0 Å². The first kappa shape index (κ1) is 14.9. The van der Waals surface area contributed by atoms with Crippen molar-refractivity contribution in [2.75, 3.05) is 0 Å². The van der Waals surface area contributed by atoms with Crippen molar-refractivity contribution in [3.63, 3.8) is 0 Å². The first-order valence-corrected chi connectivity index (χ1v) is 6.89. The van der Waals surface area contributed by atoms with Gasteiger partial charge in [0.25, 0.3) is 0 Å². The molecule has 0 bridgehead atoms. The van der Waals surface area contributed by atoms with Crippen LogP contribution >= 0.6 is 0 Å². The predicted octanol–water partition coefficient (Wildman–Crippen LogP) is 4.53. The molecule has 2 aromatic carbocycles. The quantitative estimate of drug-likeness (QED) is 0.805. The van der Waals surface area contributed by atoms with Gasteiger partial charge in [-0.15, -0.1) is 0 Å². The topological polar surface area (TPSA) is 29.5 Å². The van der Waals surface area contributed by atoms with Crippen LogP contribution < -0.4 is 0 Å². The summed E-state index contributed by atoms with van der Waals surface area (Å²) in [7, 11) is 0. The largest absolute Gasteiger partial charge is 0.444 e. The van der Waals surface area contributed by atoms with Crippen LogP contribution in [0.25, 0.3) is 0 Å². The van der Waals surface area contributed by atoms with Gasteiger partial charge in [0.05, 0.1) is 6.04 Å². The number of nitrogens with zero attached hydrogens (tertiary/aromatic N) is 1. The van der Waals surface area contributed by atoms with Crippen LogP contribution in [0, 0.1) is 0 Å². The number of amides is 1. The zero-order valence-electron chi connectivity index (χ0n) is 12.1. The highest BCUT2D eigenvalue weighted by Crippen LogP contribution is 2.21. The number of benzene rings is 2. The molecule has 3 nitrogen and oxygen atoms in total. The van der Waals surface area contributed by atoms with Crippen molar-refractivity contribution in [3.8, 4) is 0 Å². The molecule has 1 atom stereocenters. The first-order valence-electron chi connectivity index (χ1n) is 6.89. The van der Waals surface area contributed by atoms with Gasteiger partial charge in [-0.2, -0.15) is 0 Å². The van der Waals surface area contributed by atoms with Crippen LogP contribution in [-0.4, -0.2) is 11.0 Å². The highest BCUT2D eigenvalue weighted by Gasteiger charge is 2.20. The van der Waals surface area contributed by atoms with Crippen LogP contribution in [0.4, 0.5) is 4.79 Å². The summed E-state index contributed by atoms with van der Waals surface area (Å²) >= 11 is 0. The summed E-state index contributed by atoms with van der Waals surface area (Å²) in [4.78, 5) is 13.7. The number of carbonyl (C=O) groups is 1. The first-order chi connectivity index (χ1) is 10.2. The fourth-order valence-electron chi connectivity index (χ4n) is 2.08. The van der Waals surface area contributed by atoms with Crippen LogP contribution in [0.2, 0.25) is 0 Å². The molecule has 108 valence electrons. The molecule has 0 aliphatic carbocycles. The second kappa shape index (κ2) is 7.29. The van der Waals surface area contributed by atoms with Crippen LogP contribution in [0.1, 0.15) is 24.1 Å². The van der Waals surface area contributed by atoms with Gasteiger partial charge >= 0.3 is 6.09 Å². The fourth-order valence-corrected chi connectivity index (χ4v) is 2.08. The molecule has 2 aromatic rings. The summed E-state index contributed by atoms with van der Waals surface area (Å²) in [6, 6.07) is 19.3. The maximum atomic E-state index is 12.2. The van der Waals surface area contributed by atoms with E-state index in [0.29, 0.717) is 0 Å². The maximum absolute atomic E-state index is 12.2. The SMILES string of the molecule is C=CN(C(=O)OCc1ccccc1)[C@@H](C)c1ccccc1. The van der Waals surface area contributed by atoms with Crippen molar-refractivity contribution in [2.45, 2.75) is 19.6 Å². The summed E-state index contributed by atoms with van der Waals surface area (Å²) in [5, 5.41) is 0. The highest BCUT2D eigenvalue weighted by atomic mass is 16.6. The Bertz CT molecular complexity index is 581.